The average Bonchev–Trinajstić information content (AvgIpc) is 2.27. The largest absolute Gasteiger partial charge is 0.491 e. The van der Waals surface area contributed by atoms with E-state index in [0.29, 0.717) is 6.04 Å². The summed E-state index contributed by atoms with van der Waals surface area (Å²) in [5, 5.41) is 3.62. The average molecular weight is 247 g/mol. The molecule has 0 bridgehead atoms. The lowest BCUT2D eigenvalue weighted by Gasteiger charge is -2.27. The molecule has 1 aliphatic carbocycles. The Bertz CT molecular complexity index is 354. The first-order valence-corrected chi connectivity index (χ1v) is 7.15. The van der Waals surface area contributed by atoms with Crippen LogP contribution in [0.25, 0.3) is 0 Å². The molecule has 100 valence electrons. The van der Waals surface area contributed by atoms with E-state index in [4.69, 9.17) is 4.74 Å². The molecule has 0 amide bonds. The highest BCUT2D eigenvalue weighted by Gasteiger charge is 2.17. The predicted octanol–water partition coefficient (Wildman–Crippen LogP) is 3.92. The maximum atomic E-state index is 5.65. The molecule has 1 fully saturated rings. The van der Waals surface area contributed by atoms with Crippen molar-refractivity contribution in [2.45, 2.75) is 52.2 Å². The quantitative estimate of drug-likeness (QED) is 0.822. The molecule has 0 aromatic heterocycles. The van der Waals surface area contributed by atoms with Crippen LogP contribution < -0.4 is 10.1 Å². The highest BCUT2D eigenvalue weighted by molar-refractivity contribution is 5.29. The molecule has 1 N–H and O–H groups in total. The zero-order valence-corrected chi connectivity index (χ0v) is 11.8. The lowest BCUT2D eigenvalue weighted by molar-refractivity contribution is 0.242. The molecule has 0 heterocycles. The van der Waals surface area contributed by atoms with Crippen LogP contribution in [0.15, 0.2) is 24.3 Å². The van der Waals surface area contributed by atoms with Gasteiger partial charge in [-0.25, -0.2) is 0 Å². The van der Waals surface area contributed by atoms with Gasteiger partial charge in [-0.05, 0) is 63.8 Å². The molecule has 1 saturated carbocycles. The summed E-state index contributed by atoms with van der Waals surface area (Å²) >= 11 is 0. The van der Waals surface area contributed by atoms with Crippen LogP contribution in [-0.4, -0.2) is 12.6 Å². The van der Waals surface area contributed by atoms with Gasteiger partial charge < -0.3 is 10.1 Å². The topological polar surface area (TPSA) is 21.3 Å². The van der Waals surface area contributed by atoms with Crippen molar-refractivity contribution >= 4 is 0 Å². The van der Waals surface area contributed by atoms with Crippen LogP contribution in [0.2, 0.25) is 0 Å². The van der Waals surface area contributed by atoms with Crippen molar-refractivity contribution in [1.29, 1.82) is 0 Å². The Hall–Kier alpha value is -1.02. The van der Waals surface area contributed by atoms with Crippen molar-refractivity contribution in [3.05, 3.63) is 29.8 Å². The lowest BCUT2D eigenvalue weighted by atomic mass is 9.85. The van der Waals surface area contributed by atoms with Crippen molar-refractivity contribution in [2.75, 3.05) is 6.54 Å². The van der Waals surface area contributed by atoms with Gasteiger partial charge in [-0.15, -0.1) is 0 Å². The Kier molecular flexibility index (Phi) is 4.65. The first-order valence-electron chi connectivity index (χ1n) is 7.15. The van der Waals surface area contributed by atoms with Crippen molar-refractivity contribution in [2.24, 2.45) is 5.92 Å². The molecule has 0 radical (unpaired) electrons. The molecule has 18 heavy (non-hydrogen) atoms. The van der Waals surface area contributed by atoms with Crippen molar-refractivity contribution in [3.63, 3.8) is 0 Å². The van der Waals surface area contributed by atoms with Gasteiger partial charge in [-0.1, -0.05) is 18.6 Å². The molecule has 1 aromatic rings. The molecule has 0 spiro atoms. The van der Waals surface area contributed by atoms with Crippen molar-refractivity contribution < 1.29 is 4.74 Å². The van der Waals surface area contributed by atoms with E-state index in [0.717, 1.165) is 18.2 Å². The number of nitrogens with one attached hydrogen (secondary N) is 1. The number of hydrogen-bond donors (Lipinski definition) is 1. The number of ether oxygens (including phenoxy) is 1. The third-order valence-corrected chi connectivity index (χ3v) is 3.69. The Morgan fingerprint density at radius 3 is 2.33 bits per heavy atom. The Balaban J connectivity index is 1.83. The Morgan fingerprint density at radius 2 is 1.83 bits per heavy atom. The molecule has 2 rings (SSSR count). The number of benzene rings is 1. The van der Waals surface area contributed by atoms with Gasteiger partial charge in [0.2, 0.25) is 0 Å². The molecule has 1 aromatic carbocycles. The summed E-state index contributed by atoms with van der Waals surface area (Å²) in [4.78, 5) is 0. The molecule has 0 saturated heterocycles. The first kappa shape index (κ1) is 13.4. The van der Waals surface area contributed by atoms with E-state index in [2.05, 4.69) is 50.4 Å². The van der Waals surface area contributed by atoms with E-state index in [1.165, 1.54) is 24.8 Å². The van der Waals surface area contributed by atoms with E-state index in [-0.39, 0.29) is 6.10 Å². The van der Waals surface area contributed by atoms with Gasteiger partial charge in [0, 0.05) is 6.04 Å². The smallest absolute Gasteiger partial charge is 0.119 e. The van der Waals surface area contributed by atoms with E-state index in [9.17, 15) is 0 Å². The van der Waals surface area contributed by atoms with Gasteiger partial charge in [-0.2, -0.15) is 0 Å². The van der Waals surface area contributed by atoms with Crippen molar-refractivity contribution in [1.82, 2.24) is 5.32 Å². The summed E-state index contributed by atoms with van der Waals surface area (Å²) in [6, 6.07) is 8.89. The summed E-state index contributed by atoms with van der Waals surface area (Å²) < 4.78 is 5.65. The zero-order valence-electron chi connectivity index (χ0n) is 11.8. The Morgan fingerprint density at radius 1 is 1.17 bits per heavy atom. The van der Waals surface area contributed by atoms with Crippen molar-refractivity contribution in [3.8, 4) is 5.75 Å². The maximum Gasteiger partial charge on any atom is 0.119 e. The van der Waals surface area contributed by atoms with Crippen LogP contribution in [0.4, 0.5) is 0 Å². The van der Waals surface area contributed by atoms with Crippen LogP contribution in [0.3, 0.4) is 0 Å². The van der Waals surface area contributed by atoms with E-state index in [1.807, 2.05) is 0 Å². The van der Waals surface area contributed by atoms with E-state index in [1.54, 1.807) is 0 Å². The molecule has 2 heteroatoms. The van der Waals surface area contributed by atoms with Crippen LogP contribution in [0.1, 0.15) is 51.6 Å². The molecule has 2 nitrogen and oxygen atoms in total. The minimum absolute atomic E-state index is 0.241. The highest BCUT2D eigenvalue weighted by Crippen LogP contribution is 2.26. The first-order chi connectivity index (χ1) is 8.65. The minimum atomic E-state index is 0.241. The Labute approximate surface area is 111 Å². The normalized spacial score (nSPS) is 17.6. The third-order valence-electron chi connectivity index (χ3n) is 3.69. The maximum absolute atomic E-state index is 5.65. The van der Waals surface area contributed by atoms with Crippen LogP contribution >= 0.6 is 0 Å². The zero-order chi connectivity index (χ0) is 13.0. The second-order valence-corrected chi connectivity index (χ2v) is 5.66. The fourth-order valence-corrected chi connectivity index (χ4v) is 2.27. The van der Waals surface area contributed by atoms with Gasteiger partial charge in [0.1, 0.15) is 5.75 Å². The molecular weight excluding hydrogens is 222 g/mol. The van der Waals surface area contributed by atoms with Gasteiger partial charge in [-0.3, -0.25) is 0 Å². The van der Waals surface area contributed by atoms with Gasteiger partial charge in [0.25, 0.3) is 0 Å². The number of hydrogen-bond acceptors (Lipinski definition) is 2. The highest BCUT2D eigenvalue weighted by atomic mass is 16.5. The fourth-order valence-electron chi connectivity index (χ4n) is 2.27. The van der Waals surface area contributed by atoms with Crippen LogP contribution in [0, 0.1) is 5.92 Å². The lowest BCUT2D eigenvalue weighted by Crippen LogP contribution is -2.29. The SMILES string of the molecule is CC(C)Oc1ccc(C(C)NCC2CCC2)cc1. The predicted molar refractivity (Wildman–Crippen MR) is 76.0 cm³/mol. The van der Waals surface area contributed by atoms with Crippen LogP contribution in [0.5, 0.6) is 5.75 Å². The van der Waals surface area contributed by atoms with E-state index < -0.39 is 0 Å². The summed E-state index contributed by atoms with van der Waals surface area (Å²) in [5.41, 5.74) is 1.34. The van der Waals surface area contributed by atoms with Gasteiger partial charge >= 0.3 is 0 Å². The van der Waals surface area contributed by atoms with Crippen LogP contribution in [-0.2, 0) is 0 Å². The monoisotopic (exact) mass is 247 g/mol. The summed E-state index contributed by atoms with van der Waals surface area (Å²) in [5.74, 6) is 1.87. The summed E-state index contributed by atoms with van der Waals surface area (Å²) in [7, 11) is 0. The standard InChI is InChI=1S/C16H25NO/c1-12(2)18-16-9-7-15(8-10-16)13(3)17-11-14-5-4-6-14/h7-10,12-14,17H,4-6,11H2,1-3H3. The summed E-state index contributed by atoms with van der Waals surface area (Å²) in [6.45, 7) is 7.50. The second-order valence-electron chi connectivity index (χ2n) is 5.66. The molecule has 0 aliphatic heterocycles. The molecule has 1 atom stereocenters. The van der Waals surface area contributed by atoms with Gasteiger partial charge in [0.15, 0.2) is 0 Å². The molecule has 1 unspecified atom stereocenters. The summed E-state index contributed by atoms with van der Waals surface area (Å²) in [6.07, 6.45) is 4.47. The fraction of sp³-hybridized carbons (Fsp3) is 0.625. The van der Waals surface area contributed by atoms with E-state index >= 15 is 0 Å². The minimum Gasteiger partial charge on any atom is -0.491 e. The number of rotatable bonds is 6. The second kappa shape index (κ2) is 6.24. The molecule has 1 aliphatic rings. The molecular formula is C16H25NO. The van der Waals surface area contributed by atoms with Gasteiger partial charge in [0.05, 0.1) is 6.10 Å². The third kappa shape index (κ3) is 3.74.